The maximum Gasteiger partial charge on any atom is 0.181 e. The summed E-state index contributed by atoms with van der Waals surface area (Å²) >= 11 is 0. The number of rotatable bonds is 3. The smallest absolute Gasteiger partial charge is 0.181 e. The van der Waals surface area contributed by atoms with Gasteiger partial charge in [0.15, 0.2) is 11.4 Å². The predicted octanol–water partition coefficient (Wildman–Crippen LogP) is 3.95. The Balaban J connectivity index is 1.88. The molecule has 22 heavy (non-hydrogen) atoms. The van der Waals surface area contributed by atoms with Crippen molar-refractivity contribution in [3.05, 3.63) is 71.9 Å². The maximum atomic E-state index is 13.9. The number of H-pyrrole nitrogens is 1. The van der Waals surface area contributed by atoms with Crippen LogP contribution < -0.4 is 0 Å². The van der Waals surface area contributed by atoms with E-state index in [4.69, 9.17) is 4.42 Å². The average Bonchev–Trinajstić information content (AvgIpc) is 3.18. The van der Waals surface area contributed by atoms with Gasteiger partial charge in [-0.25, -0.2) is 9.37 Å². The highest BCUT2D eigenvalue weighted by Crippen LogP contribution is 2.29. The molecule has 0 radical (unpaired) electrons. The van der Waals surface area contributed by atoms with E-state index in [9.17, 15) is 4.39 Å². The number of benzene rings is 1. The topological polar surface area (TPSA) is 54.7 Å². The molecule has 1 aromatic carbocycles. The zero-order valence-corrected chi connectivity index (χ0v) is 11.6. The summed E-state index contributed by atoms with van der Waals surface area (Å²) in [6.45, 7) is 0. The fourth-order valence-electron chi connectivity index (χ4n) is 2.60. The van der Waals surface area contributed by atoms with Gasteiger partial charge in [0, 0.05) is 12.6 Å². The first-order valence-corrected chi connectivity index (χ1v) is 6.92. The van der Waals surface area contributed by atoms with Crippen molar-refractivity contribution in [1.82, 2.24) is 15.2 Å². The van der Waals surface area contributed by atoms with Gasteiger partial charge in [0.05, 0.1) is 11.6 Å². The summed E-state index contributed by atoms with van der Waals surface area (Å²) in [6, 6.07) is 12.3. The van der Waals surface area contributed by atoms with Crippen molar-refractivity contribution in [2.45, 2.75) is 6.42 Å². The number of nitrogens with zero attached hydrogens (tertiary/aromatic N) is 2. The number of pyridine rings is 1. The highest BCUT2D eigenvalue weighted by atomic mass is 19.1. The van der Waals surface area contributed by atoms with Gasteiger partial charge in [0.1, 0.15) is 11.5 Å². The number of fused-ring (bicyclic) bond motifs is 1. The van der Waals surface area contributed by atoms with E-state index in [2.05, 4.69) is 15.2 Å². The Morgan fingerprint density at radius 1 is 1.05 bits per heavy atom. The zero-order chi connectivity index (χ0) is 14.9. The zero-order valence-electron chi connectivity index (χ0n) is 11.6. The minimum atomic E-state index is -0.212. The van der Waals surface area contributed by atoms with E-state index < -0.39 is 0 Å². The van der Waals surface area contributed by atoms with E-state index in [0.29, 0.717) is 23.4 Å². The van der Waals surface area contributed by atoms with Crippen LogP contribution in [0.15, 0.2) is 59.3 Å². The van der Waals surface area contributed by atoms with E-state index in [1.54, 1.807) is 24.6 Å². The molecule has 0 amide bonds. The monoisotopic (exact) mass is 293 g/mol. The van der Waals surface area contributed by atoms with Crippen LogP contribution in [0.3, 0.4) is 0 Å². The minimum Gasteiger partial charge on any atom is -0.463 e. The van der Waals surface area contributed by atoms with Gasteiger partial charge < -0.3 is 4.42 Å². The second-order valence-electron chi connectivity index (χ2n) is 5.01. The number of hydrogen-bond donors (Lipinski definition) is 1. The summed E-state index contributed by atoms with van der Waals surface area (Å²) in [5, 5.41) is 8.03. The van der Waals surface area contributed by atoms with E-state index in [0.717, 1.165) is 16.6 Å². The summed E-state index contributed by atoms with van der Waals surface area (Å²) in [4.78, 5) is 4.26. The Morgan fingerprint density at radius 2 is 1.95 bits per heavy atom. The summed E-state index contributed by atoms with van der Waals surface area (Å²) < 4.78 is 19.4. The van der Waals surface area contributed by atoms with Crippen molar-refractivity contribution in [1.29, 1.82) is 0 Å². The van der Waals surface area contributed by atoms with Crippen LogP contribution in [-0.4, -0.2) is 15.2 Å². The molecule has 5 heteroatoms. The van der Waals surface area contributed by atoms with Gasteiger partial charge in [0.2, 0.25) is 0 Å². The molecular formula is C17H12FN3O. The van der Waals surface area contributed by atoms with Crippen LogP contribution in [0.5, 0.6) is 0 Å². The third-order valence-electron chi connectivity index (χ3n) is 3.65. The molecule has 0 unspecified atom stereocenters. The van der Waals surface area contributed by atoms with Gasteiger partial charge in [-0.15, -0.1) is 0 Å². The third kappa shape index (κ3) is 2.07. The molecule has 1 N–H and O–H groups in total. The molecule has 0 aliphatic carbocycles. The Labute approximate surface area is 125 Å². The lowest BCUT2D eigenvalue weighted by Crippen LogP contribution is -1.94. The summed E-state index contributed by atoms with van der Waals surface area (Å²) in [7, 11) is 0. The van der Waals surface area contributed by atoms with E-state index in [1.165, 1.54) is 6.07 Å². The van der Waals surface area contributed by atoms with Gasteiger partial charge in [-0.3, -0.25) is 5.10 Å². The number of hydrogen-bond acceptors (Lipinski definition) is 3. The van der Waals surface area contributed by atoms with Gasteiger partial charge in [-0.05, 0) is 35.4 Å². The summed E-state index contributed by atoms with van der Waals surface area (Å²) in [5.41, 5.74) is 2.96. The fraction of sp³-hybridized carbons (Fsp3) is 0.0588. The van der Waals surface area contributed by atoms with E-state index in [-0.39, 0.29) is 5.82 Å². The van der Waals surface area contributed by atoms with Crippen molar-refractivity contribution in [2.75, 3.05) is 0 Å². The normalized spacial score (nSPS) is 11.1. The Kier molecular flexibility index (Phi) is 2.96. The molecule has 0 aliphatic rings. The fourth-order valence-corrected chi connectivity index (χ4v) is 2.60. The van der Waals surface area contributed by atoms with Crippen LogP contribution in [0.4, 0.5) is 4.39 Å². The Hall–Kier alpha value is -2.95. The highest BCUT2D eigenvalue weighted by molar-refractivity contribution is 5.92. The van der Waals surface area contributed by atoms with Crippen molar-refractivity contribution < 1.29 is 8.81 Å². The molecule has 4 aromatic rings. The highest BCUT2D eigenvalue weighted by Gasteiger charge is 2.15. The van der Waals surface area contributed by atoms with Gasteiger partial charge in [-0.2, -0.15) is 5.10 Å². The molecule has 0 fully saturated rings. The average molecular weight is 293 g/mol. The first kappa shape index (κ1) is 12.8. The maximum absolute atomic E-state index is 13.9. The largest absolute Gasteiger partial charge is 0.463 e. The molecule has 0 atom stereocenters. The summed E-state index contributed by atoms with van der Waals surface area (Å²) in [5.74, 6) is 0.473. The lowest BCUT2D eigenvalue weighted by Gasteiger charge is -2.05. The lowest BCUT2D eigenvalue weighted by molar-refractivity contribution is 0.580. The molecule has 4 nitrogen and oxygen atoms in total. The first-order chi connectivity index (χ1) is 10.8. The number of aromatic amines is 1. The predicted molar refractivity (Wildman–Crippen MR) is 80.8 cm³/mol. The molecular weight excluding hydrogens is 281 g/mol. The second-order valence-corrected chi connectivity index (χ2v) is 5.01. The van der Waals surface area contributed by atoms with Crippen molar-refractivity contribution in [3.63, 3.8) is 0 Å². The van der Waals surface area contributed by atoms with E-state index in [1.807, 2.05) is 24.3 Å². The molecule has 3 heterocycles. The second kappa shape index (κ2) is 5.11. The van der Waals surface area contributed by atoms with Crippen LogP contribution >= 0.6 is 0 Å². The molecule has 0 saturated heterocycles. The van der Waals surface area contributed by atoms with Gasteiger partial charge in [-0.1, -0.05) is 18.2 Å². The van der Waals surface area contributed by atoms with Crippen LogP contribution in [0, 0.1) is 5.82 Å². The number of aromatic nitrogens is 3. The molecule has 0 aliphatic heterocycles. The molecule has 4 rings (SSSR count). The molecule has 108 valence electrons. The number of halogens is 1. The van der Waals surface area contributed by atoms with Crippen LogP contribution in [0.2, 0.25) is 0 Å². The SMILES string of the molecule is Fc1ccccc1Cc1ccnc2n[nH]c(-c3ccco3)c12. The van der Waals surface area contributed by atoms with E-state index >= 15 is 0 Å². The first-order valence-electron chi connectivity index (χ1n) is 6.92. The number of furan rings is 1. The van der Waals surface area contributed by atoms with Gasteiger partial charge in [0.25, 0.3) is 0 Å². The minimum absolute atomic E-state index is 0.212. The molecule has 0 spiro atoms. The van der Waals surface area contributed by atoms with Gasteiger partial charge >= 0.3 is 0 Å². The quantitative estimate of drug-likeness (QED) is 0.622. The Morgan fingerprint density at radius 3 is 2.77 bits per heavy atom. The van der Waals surface area contributed by atoms with Crippen LogP contribution in [0.25, 0.3) is 22.5 Å². The standard InChI is InChI=1S/C17H12FN3O/c18-13-5-2-1-4-11(13)10-12-7-8-19-17-15(12)16(20-21-17)14-6-3-9-22-14/h1-9H,10H2,(H,19,20,21). The van der Waals surface area contributed by atoms with Crippen LogP contribution in [0.1, 0.15) is 11.1 Å². The summed E-state index contributed by atoms with van der Waals surface area (Å²) in [6.07, 6.45) is 3.76. The number of nitrogens with one attached hydrogen (secondary N) is 1. The third-order valence-corrected chi connectivity index (χ3v) is 3.65. The van der Waals surface area contributed by atoms with Crippen molar-refractivity contribution in [2.24, 2.45) is 0 Å². The lowest BCUT2D eigenvalue weighted by atomic mass is 10.0. The molecule has 3 aromatic heterocycles. The van der Waals surface area contributed by atoms with Crippen molar-refractivity contribution >= 4 is 11.0 Å². The Bertz CT molecular complexity index is 928. The molecule has 0 saturated carbocycles. The van der Waals surface area contributed by atoms with Crippen LogP contribution in [-0.2, 0) is 6.42 Å². The van der Waals surface area contributed by atoms with Crippen molar-refractivity contribution in [3.8, 4) is 11.5 Å². The molecule has 0 bridgehead atoms.